The topological polar surface area (TPSA) is 105 Å². The van der Waals surface area contributed by atoms with Gasteiger partial charge in [-0.15, -0.1) is 0 Å². The lowest BCUT2D eigenvalue weighted by Crippen LogP contribution is -2.30. The number of Topliss-reactive ketones (excluding diaryl/α,β-unsaturated/α-hetero) is 1. The number of halogens is 2. The van der Waals surface area contributed by atoms with Crippen LogP contribution in [0, 0.1) is 13.8 Å². The number of carbonyl (C=O) groups excluding carboxylic acids is 2. The molecule has 1 fully saturated rings. The van der Waals surface area contributed by atoms with Crippen LogP contribution in [0.5, 0.6) is 11.5 Å². The summed E-state index contributed by atoms with van der Waals surface area (Å²) in [5.41, 5.74) is 3.84. The Morgan fingerprint density at radius 1 is 1.03 bits per heavy atom. The molecule has 1 unspecified atom stereocenters. The van der Waals surface area contributed by atoms with Gasteiger partial charge in [0.05, 0.1) is 47.5 Å². The summed E-state index contributed by atoms with van der Waals surface area (Å²) in [6, 6.07) is 12.6. The Bertz CT molecular complexity index is 1620. The number of amides is 1. The van der Waals surface area contributed by atoms with Crippen LogP contribution in [0.25, 0.3) is 16.8 Å². The molecule has 8 nitrogen and oxygen atoms in total. The Balaban J connectivity index is 1.79. The summed E-state index contributed by atoms with van der Waals surface area (Å²) in [7, 11) is 2.89. The van der Waals surface area contributed by atoms with Gasteiger partial charge in [-0.1, -0.05) is 35.3 Å². The van der Waals surface area contributed by atoms with Gasteiger partial charge in [0.1, 0.15) is 17.3 Å². The van der Waals surface area contributed by atoms with E-state index in [1.807, 2.05) is 26.0 Å². The van der Waals surface area contributed by atoms with Crippen molar-refractivity contribution >= 4 is 57.6 Å². The van der Waals surface area contributed by atoms with Crippen molar-refractivity contribution in [2.75, 3.05) is 19.1 Å². The Kier molecular flexibility index (Phi) is 6.54. The number of nitrogens with one attached hydrogen (secondary N) is 1. The number of hydrogen-bond donors (Lipinski definition) is 2. The van der Waals surface area contributed by atoms with Crippen molar-refractivity contribution in [1.82, 2.24) is 9.97 Å². The van der Waals surface area contributed by atoms with E-state index in [0.717, 1.165) is 11.1 Å². The van der Waals surface area contributed by atoms with Gasteiger partial charge in [0, 0.05) is 5.02 Å². The molecule has 38 heavy (non-hydrogen) atoms. The standard InChI is InChI=1S/C28H23Cl2N3O5/c1-13-8-20-21(9-14(13)2)32-28(31-20)33-23(15-6-5-7-17(10-15)37-3)22(25(35)27(33)36)24(34)18-11-16(29)12-19(30)26(18)38-4/h5-12,23,34H,1-4H3,(H,31,32)/b24-22+. The number of benzene rings is 3. The lowest BCUT2D eigenvalue weighted by atomic mass is 9.95. The molecule has 1 aliphatic rings. The minimum absolute atomic E-state index is 0.0757. The number of fused-ring (bicyclic) bond motifs is 1. The van der Waals surface area contributed by atoms with Gasteiger partial charge < -0.3 is 19.6 Å². The molecule has 194 valence electrons. The number of carbonyl (C=O) groups is 2. The third kappa shape index (κ3) is 4.15. The Labute approximate surface area is 228 Å². The maximum Gasteiger partial charge on any atom is 0.302 e. The first-order valence-electron chi connectivity index (χ1n) is 11.6. The van der Waals surface area contributed by atoms with E-state index in [-0.39, 0.29) is 32.9 Å². The second-order valence-corrected chi connectivity index (χ2v) is 9.77. The number of nitrogens with zero attached hydrogens (tertiary/aromatic N) is 2. The second-order valence-electron chi connectivity index (χ2n) is 8.93. The highest BCUT2D eigenvalue weighted by molar-refractivity contribution is 6.51. The van der Waals surface area contributed by atoms with Crippen molar-refractivity contribution in [3.05, 3.63) is 86.4 Å². The van der Waals surface area contributed by atoms with Crippen molar-refractivity contribution in [3.63, 3.8) is 0 Å². The molecule has 3 aromatic carbocycles. The van der Waals surface area contributed by atoms with Crippen LogP contribution in [0.4, 0.5) is 5.95 Å². The highest BCUT2D eigenvalue weighted by atomic mass is 35.5. The van der Waals surface area contributed by atoms with E-state index in [9.17, 15) is 14.7 Å². The van der Waals surface area contributed by atoms with Crippen molar-refractivity contribution in [2.24, 2.45) is 0 Å². The molecule has 1 aromatic heterocycles. The fraction of sp³-hybridized carbons (Fsp3) is 0.179. The SMILES string of the molecule is COc1cccc(C2/C(=C(\O)c3cc(Cl)cc(Cl)c3OC)C(=O)C(=O)N2c2nc3cc(C)c(C)cc3[nH]2)c1. The van der Waals surface area contributed by atoms with Crippen LogP contribution in [0.2, 0.25) is 10.0 Å². The van der Waals surface area contributed by atoms with E-state index in [1.165, 1.54) is 31.3 Å². The van der Waals surface area contributed by atoms with Gasteiger partial charge in [0.25, 0.3) is 5.78 Å². The van der Waals surface area contributed by atoms with Gasteiger partial charge in [-0.2, -0.15) is 0 Å². The second kappa shape index (κ2) is 9.70. The number of aliphatic hydroxyl groups excluding tert-OH is 1. The summed E-state index contributed by atoms with van der Waals surface area (Å²) in [4.78, 5) is 36.1. The normalized spacial score (nSPS) is 16.9. The van der Waals surface area contributed by atoms with E-state index in [0.29, 0.717) is 22.3 Å². The van der Waals surface area contributed by atoms with Crippen LogP contribution in [0.1, 0.15) is 28.3 Å². The van der Waals surface area contributed by atoms with Crippen molar-refractivity contribution < 1.29 is 24.2 Å². The summed E-state index contributed by atoms with van der Waals surface area (Å²) in [5, 5.41) is 11.9. The molecule has 0 bridgehead atoms. The zero-order chi connectivity index (χ0) is 27.3. The van der Waals surface area contributed by atoms with E-state index >= 15 is 0 Å². The number of aliphatic hydroxyl groups is 1. The summed E-state index contributed by atoms with van der Waals surface area (Å²) in [6.45, 7) is 3.94. The van der Waals surface area contributed by atoms with Crippen LogP contribution in [0.15, 0.2) is 54.1 Å². The lowest BCUT2D eigenvalue weighted by molar-refractivity contribution is -0.132. The molecule has 0 aliphatic carbocycles. The maximum atomic E-state index is 13.5. The van der Waals surface area contributed by atoms with Crippen LogP contribution in [-0.2, 0) is 9.59 Å². The molecule has 1 atom stereocenters. The number of aromatic amines is 1. The Hall–Kier alpha value is -4.01. The van der Waals surface area contributed by atoms with E-state index in [1.54, 1.807) is 24.3 Å². The molecule has 0 radical (unpaired) electrons. The molecule has 5 rings (SSSR count). The van der Waals surface area contributed by atoms with Crippen LogP contribution >= 0.6 is 23.2 Å². The number of imidazole rings is 1. The van der Waals surface area contributed by atoms with E-state index in [2.05, 4.69) is 9.97 Å². The molecule has 4 aromatic rings. The third-order valence-electron chi connectivity index (χ3n) is 6.63. The summed E-state index contributed by atoms with van der Waals surface area (Å²) in [5.74, 6) is -1.47. The molecule has 2 heterocycles. The molecule has 1 amide bonds. The molecular weight excluding hydrogens is 529 g/mol. The minimum atomic E-state index is -1.05. The number of anilines is 1. The average Bonchev–Trinajstić information content (AvgIpc) is 3.40. The Morgan fingerprint density at radius 2 is 1.76 bits per heavy atom. The number of aryl methyl sites for hydroxylation is 2. The van der Waals surface area contributed by atoms with Gasteiger partial charge >= 0.3 is 5.91 Å². The van der Waals surface area contributed by atoms with Crippen LogP contribution in [-0.4, -0.2) is 41.0 Å². The average molecular weight is 552 g/mol. The van der Waals surface area contributed by atoms with Crippen LogP contribution in [0.3, 0.4) is 0 Å². The monoisotopic (exact) mass is 551 g/mol. The molecule has 1 saturated heterocycles. The quantitative estimate of drug-likeness (QED) is 0.175. The number of hydrogen-bond acceptors (Lipinski definition) is 6. The summed E-state index contributed by atoms with van der Waals surface area (Å²) < 4.78 is 10.8. The molecular formula is C28H23Cl2N3O5. The predicted molar refractivity (Wildman–Crippen MR) is 146 cm³/mol. The van der Waals surface area contributed by atoms with Gasteiger partial charge in [-0.3, -0.25) is 14.5 Å². The van der Waals surface area contributed by atoms with Gasteiger partial charge in [0.2, 0.25) is 5.95 Å². The number of rotatable bonds is 5. The zero-order valence-electron chi connectivity index (χ0n) is 20.9. The first kappa shape index (κ1) is 25.6. The number of aromatic nitrogens is 2. The zero-order valence-corrected chi connectivity index (χ0v) is 22.4. The molecule has 0 saturated carbocycles. The van der Waals surface area contributed by atoms with Crippen LogP contribution < -0.4 is 14.4 Å². The summed E-state index contributed by atoms with van der Waals surface area (Å²) in [6.07, 6.45) is 0. The molecule has 2 N–H and O–H groups in total. The van der Waals surface area contributed by atoms with Crippen molar-refractivity contribution in [1.29, 1.82) is 0 Å². The Morgan fingerprint density at radius 3 is 2.47 bits per heavy atom. The number of methoxy groups -OCH3 is 2. The number of ketones is 1. The number of ether oxygens (including phenoxy) is 2. The fourth-order valence-electron chi connectivity index (χ4n) is 4.64. The minimum Gasteiger partial charge on any atom is -0.507 e. The van der Waals surface area contributed by atoms with E-state index < -0.39 is 23.5 Å². The lowest BCUT2D eigenvalue weighted by Gasteiger charge is -2.23. The molecule has 10 heteroatoms. The van der Waals surface area contributed by atoms with Crippen molar-refractivity contribution in [3.8, 4) is 11.5 Å². The van der Waals surface area contributed by atoms with Crippen molar-refractivity contribution in [2.45, 2.75) is 19.9 Å². The van der Waals surface area contributed by atoms with Gasteiger partial charge in [0.15, 0.2) is 0 Å². The molecule has 1 aliphatic heterocycles. The highest BCUT2D eigenvalue weighted by Gasteiger charge is 2.48. The first-order chi connectivity index (χ1) is 18.1. The number of H-pyrrole nitrogens is 1. The fourth-order valence-corrected chi connectivity index (χ4v) is 5.21. The largest absolute Gasteiger partial charge is 0.507 e. The third-order valence-corrected chi connectivity index (χ3v) is 7.13. The highest BCUT2D eigenvalue weighted by Crippen LogP contribution is 2.45. The smallest absolute Gasteiger partial charge is 0.302 e. The van der Waals surface area contributed by atoms with Gasteiger partial charge in [-0.05, 0) is 66.9 Å². The predicted octanol–water partition coefficient (Wildman–Crippen LogP) is 6.13. The van der Waals surface area contributed by atoms with Gasteiger partial charge in [-0.25, -0.2) is 4.98 Å². The molecule has 0 spiro atoms. The first-order valence-corrected chi connectivity index (χ1v) is 12.4. The van der Waals surface area contributed by atoms with E-state index in [4.69, 9.17) is 32.7 Å². The maximum absolute atomic E-state index is 13.5. The summed E-state index contributed by atoms with van der Waals surface area (Å²) >= 11 is 12.5.